The summed E-state index contributed by atoms with van der Waals surface area (Å²) in [5.41, 5.74) is 2.24. The minimum absolute atomic E-state index is 0.0241. The van der Waals surface area contributed by atoms with Crippen molar-refractivity contribution in [2.24, 2.45) is 0 Å². The van der Waals surface area contributed by atoms with E-state index in [1.165, 1.54) is 37.8 Å². The van der Waals surface area contributed by atoms with Gasteiger partial charge in [0.15, 0.2) is 0 Å². The van der Waals surface area contributed by atoms with E-state index in [1.807, 2.05) is 13.8 Å². The molecule has 1 fully saturated rings. The molecule has 0 spiro atoms. The van der Waals surface area contributed by atoms with Crippen molar-refractivity contribution >= 4 is 13.8 Å². The van der Waals surface area contributed by atoms with Crippen LogP contribution in [0.3, 0.4) is 0 Å². The van der Waals surface area contributed by atoms with Crippen molar-refractivity contribution in [3.8, 4) is 0 Å². The van der Waals surface area contributed by atoms with E-state index in [4.69, 9.17) is 4.98 Å². The number of carbonyl (C=O) groups is 1. The molecule has 1 unspecified atom stereocenters. The van der Waals surface area contributed by atoms with Crippen LogP contribution in [0.15, 0.2) is 18.2 Å². The van der Waals surface area contributed by atoms with Crippen molar-refractivity contribution in [2.75, 3.05) is 13.3 Å². The van der Waals surface area contributed by atoms with E-state index in [2.05, 4.69) is 36.8 Å². The fraction of sp³-hybridized carbons (Fsp3) is 0.667. The van der Waals surface area contributed by atoms with Gasteiger partial charge in [-0.2, -0.15) is 0 Å². The van der Waals surface area contributed by atoms with Crippen LogP contribution in [0.2, 0.25) is 0 Å². The summed E-state index contributed by atoms with van der Waals surface area (Å²) in [5, 5.41) is 3.05. The highest BCUT2D eigenvalue weighted by Gasteiger charge is 2.21. The predicted octanol–water partition coefficient (Wildman–Crippen LogP) is 5.03. The van der Waals surface area contributed by atoms with Crippen molar-refractivity contribution in [2.45, 2.75) is 64.6 Å². The molecule has 1 amide bonds. The molecule has 22 heavy (non-hydrogen) atoms. The van der Waals surface area contributed by atoms with Crippen LogP contribution in [0, 0.1) is 0 Å². The molecule has 0 radical (unpaired) electrons. The Morgan fingerprint density at radius 2 is 1.86 bits per heavy atom. The molecule has 1 aromatic heterocycles. The normalized spacial score (nSPS) is 16.6. The summed E-state index contributed by atoms with van der Waals surface area (Å²) in [6, 6.07) is 6.30. The summed E-state index contributed by atoms with van der Waals surface area (Å²) < 4.78 is 0. The first-order valence-electron chi connectivity index (χ1n) is 8.48. The number of aromatic nitrogens is 1. The molecule has 3 nitrogen and oxygen atoms in total. The third-order valence-corrected chi connectivity index (χ3v) is 5.38. The lowest BCUT2D eigenvalue weighted by Gasteiger charge is -2.25. The highest BCUT2D eigenvalue weighted by molar-refractivity contribution is 7.56. The Morgan fingerprint density at radius 3 is 2.41 bits per heavy atom. The van der Waals surface area contributed by atoms with E-state index in [9.17, 15) is 4.79 Å². The number of carbonyl (C=O) groups excluding carboxylic acids is 1. The minimum atomic E-state index is -0.297. The van der Waals surface area contributed by atoms with Gasteiger partial charge in [-0.15, -0.1) is 0 Å². The van der Waals surface area contributed by atoms with Crippen LogP contribution in [0.1, 0.15) is 76.0 Å². The van der Waals surface area contributed by atoms with Gasteiger partial charge in [-0.1, -0.05) is 47.1 Å². The second kappa shape index (κ2) is 9.94. The predicted molar refractivity (Wildman–Crippen MR) is 96.7 cm³/mol. The van der Waals surface area contributed by atoms with Crippen molar-refractivity contribution in [1.29, 1.82) is 0 Å². The van der Waals surface area contributed by atoms with Gasteiger partial charge in [-0.05, 0) is 38.3 Å². The summed E-state index contributed by atoms with van der Waals surface area (Å²) in [6.07, 6.45) is 6.52. The zero-order chi connectivity index (χ0) is 16.5. The van der Waals surface area contributed by atoms with E-state index in [-0.39, 0.29) is 19.6 Å². The molecule has 0 saturated heterocycles. The molecule has 0 bridgehead atoms. The maximum Gasteiger partial charge on any atom is 0.217 e. The lowest BCUT2D eigenvalue weighted by Crippen LogP contribution is -2.25. The Morgan fingerprint density at radius 1 is 1.23 bits per heavy atom. The van der Waals surface area contributed by atoms with Crippen LogP contribution < -0.4 is 5.32 Å². The number of hydrogen-bond donors (Lipinski definition) is 1. The van der Waals surface area contributed by atoms with Gasteiger partial charge in [0.2, 0.25) is 5.91 Å². The van der Waals surface area contributed by atoms with Gasteiger partial charge in [0.1, 0.15) is 0 Å². The van der Waals surface area contributed by atoms with E-state index < -0.39 is 0 Å². The summed E-state index contributed by atoms with van der Waals surface area (Å²) in [7, 11) is -0.297. The van der Waals surface area contributed by atoms with Crippen molar-refractivity contribution in [1.82, 2.24) is 10.3 Å². The lowest BCUT2D eigenvalue weighted by molar-refractivity contribution is -0.119. The van der Waals surface area contributed by atoms with Crippen LogP contribution in [0.25, 0.3) is 0 Å². The number of rotatable bonds is 4. The number of amides is 1. The van der Waals surface area contributed by atoms with Crippen LogP contribution in [-0.4, -0.2) is 24.2 Å². The first-order valence-corrected chi connectivity index (χ1v) is 10.8. The number of nitrogens with zero attached hydrogens (tertiary/aromatic N) is 1. The molecule has 1 aromatic rings. The maximum atomic E-state index is 11.4. The molecule has 1 N–H and O–H groups in total. The largest absolute Gasteiger partial charge is 0.344 e. The van der Waals surface area contributed by atoms with Crippen LogP contribution in [0.4, 0.5) is 0 Å². The Hall–Kier alpha value is -0.950. The standard InChI is InChI=1S/C16H25N2OP.C2H6/c1-12(19)17-16(20(2)3)15-11-7-10-14(18-15)13-8-5-4-6-9-13;1-2/h7,10-11,13,16H,4-6,8-9H2,1-3H3,(H,17,19);1-2H3. The Balaban J connectivity index is 0.00000116. The molecule has 1 saturated carbocycles. The van der Waals surface area contributed by atoms with Gasteiger partial charge >= 0.3 is 0 Å². The van der Waals surface area contributed by atoms with Gasteiger partial charge in [-0.25, -0.2) is 0 Å². The third-order valence-electron chi connectivity index (χ3n) is 3.95. The average Bonchev–Trinajstić information content (AvgIpc) is 2.55. The van der Waals surface area contributed by atoms with E-state index in [0.29, 0.717) is 5.92 Å². The molecule has 0 aliphatic heterocycles. The summed E-state index contributed by atoms with van der Waals surface area (Å²) in [5.74, 6) is 0.712. The van der Waals surface area contributed by atoms with Gasteiger partial charge in [-0.3, -0.25) is 9.78 Å². The monoisotopic (exact) mass is 322 g/mol. The SMILES string of the molecule is CC.CC(=O)NC(c1cccc(C2CCCCC2)n1)P(C)C. The second-order valence-corrected chi connectivity index (χ2v) is 8.33. The molecule has 1 heterocycles. The topological polar surface area (TPSA) is 42.0 Å². The fourth-order valence-corrected chi connectivity index (χ4v) is 4.02. The highest BCUT2D eigenvalue weighted by atomic mass is 31.1. The first kappa shape index (κ1) is 19.1. The van der Waals surface area contributed by atoms with Crippen molar-refractivity contribution in [3.05, 3.63) is 29.6 Å². The molecule has 2 rings (SSSR count). The van der Waals surface area contributed by atoms with E-state index in [1.54, 1.807) is 6.92 Å². The highest BCUT2D eigenvalue weighted by Crippen LogP contribution is 2.42. The lowest BCUT2D eigenvalue weighted by atomic mass is 9.86. The Labute approximate surface area is 137 Å². The zero-order valence-corrected chi connectivity index (χ0v) is 15.6. The van der Waals surface area contributed by atoms with Crippen molar-refractivity contribution < 1.29 is 4.79 Å². The molecule has 0 aromatic carbocycles. The first-order chi connectivity index (χ1) is 10.6. The minimum Gasteiger partial charge on any atom is -0.344 e. The molecule has 124 valence electrons. The molecule has 1 aliphatic rings. The van der Waals surface area contributed by atoms with Gasteiger partial charge in [0, 0.05) is 18.5 Å². The van der Waals surface area contributed by atoms with Gasteiger partial charge < -0.3 is 5.32 Å². The van der Waals surface area contributed by atoms with E-state index in [0.717, 1.165) is 5.69 Å². The summed E-state index contributed by atoms with van der Waals surface area (Å²) in [6.45, 7) is 9.95. The fourth-order valence-electron chi connectivity index (χ4n) is 2.91. The zero-order valence-electron chi connectivity index (χ0n) is 14.7. The number of nitrogens with one attached hydrogen (secondary N) is 1. The quantitative estimate of drug-likeness (QED) is 0.790. The van der Waals surface area contributed by atoms with Crippen LogP contribution >= 0.6 is 7.92 Å². The van der Waals surface area contributed by atoms with E-state index >= 15 is 0 Å². The molecular weight excluding hydrogens is 291 g/mol. The third kappa shape index (κ3) is 5.68. The smallest absolute Gasteiger partial charge is 0.217 e. The van der Waals surface area contributed by atoms with Crippen LogP contribution in [-0.2, 0) is 4.79 Å². The van der Waals surface area contributed by atoms with Crippen LogP contribution in [0.5, 0.6) is 0 Å². The average molecular weight is 322 g/mol. The van der Waals surface area contributed by atoms with Gasteiger partial charge in [0.05, 0.1) is 11.5 Å². The molecule has 4 heteroatoms. The van der Waals surface area contributed by atoms with Crippen molar-refractivity contribution in [3.63, 3.8) is 0 Å². The summed E-state index contributed by atoms with van der Waals surface area (Å²) in [4.78, 5) is 16.3. The number of pyridine rings is 1. The summed E-state index contributed by atoms with van der Waals surface area (Å²) >= 11 is 0. The number of hydrogen-bond acceptors (Lipinski definition) is 2. The molecule has 1 atom stereocenters. The molecule has 1 aliphatic carbocycles. The Kier molecular flexibility index (Phi) is 8.63. The molecular formula is C18H31N2OP. The van der Waals surface area contributed by atoms with Gasteiger partial charge in [0.25, 0.3) is 0 Å². The maximum absolute atomic E-state index is 11.4. The Bertz CT molecular complexity index is 456. The second-order valence-electron chi connectivity index (χ2n) is 5.89.